The maximum Gasteiger partial charge on any atom is 0.433 e. The average molecular weight is 229 g/mol. The molecule has 2 heterocycles. The maximum absolute atomic E-state index is 12.6. The summed E-state index contributed by atoms with van der Waals surface area (Å²) in [6.45, 7) is 3.74. The van der Waals surface area contributed by atoms with Crippen molar-refractivity contribution >= 4 is 5.65 Å². The summed E-state index contributed by atoms with van der Waals surface area (Å²) >= 11 is 0. The van der Waals surface area contributed by atoms with E-state index in [9.17, 15) is 13.2 Å². The predicted octanol–water partition coefficient (Wildman–Crippen LogP) is 2.87. The summed E-state index contributed by atoms with van der Waals surface area (Å²) in [5.41, 5.74) is 0.0205. The molecule has 2 aromatic heterocycles. The van der Waals surface area contributed by atoms with Gasteiger partial charge in [-0.05, 0) is 12.0 Å². The van der Waals surface area contributed by atoms with Gasteiger partial charge in [0.2, 0.25) is 0 Å². The molecule has 2 aromatic rings. The van der Waals surface area contributed by atoms with E-state index < -0.39 is 11.9 Å². The highest BCUT2D eigenvalue weighted by atomic mass is 19.4. The molecular formula is C10H10F3N3. The topological polar surface area (TPSA) is 30.2 Å². The van der Waals surface area contributed by atoms with Crippen LogP contribution >= 0.6 is 0 Å². The Morgan fingerprint density at radius 3 is 2.56 bits per heavy atom. The van der Waals surface area contributed by atoms with Crippen molar-refractivity contribution in [3.05, 3.63) is 29.7 Å². The van der Waals surface area contributed by atoms with E-state index in [-0.39, 0.29) is 11.6 Å². The third-order valence-corrected chi connectivity index (χ3v) is 2.26. The highest BCUT2D eigenvalue weighted by Gasteiger charge is 2.34. The number of nitrogens with zero attached hydrogens (tertiary/aromatic N) is 3. The van der Waals surface area contributed by atoms with Crippen LogP contribution in [0.3, 0.4) is 0 Å². The van der Waals surface area contributed by atoms with Gasteiger partial charge in [0.1, 0.15) is 5.69 Å². The number of hydrogen-bond acceptors (Lipinski definition) is 2. The lowest BCUT2D eigenvalue weighted by molar-refractivity contribution is -0.142. The summed E-state index contributed by atoms with van der Waals surface area (Å²) in [4.78, 5) is 3.86. The number of alkyl halides is 3. The molecule has 0 N–H and O–H groups in total. The SMILES string of the molecule is CC(C)c1cc2nccc(C(F)(F)F)n2n1. The summed E-state index contributed by atoms with van der Waals surface area (Å²) in [6.07, 6.45) is -3.27. The van der Waals surface area contributed by atoms with Gasteiger partial charge in [0, 0.05) is 12.3 Å². The smallest absolute Gasteiger partial charge is 0.237 e. The van der Waals surface area contributed by atoms with Crippen LogP contribution in [0.2, 0.25) is 0 Å². The third-order valence-electron chi connectivity index (χ3n) is 2.26. The molecule has 0 bridgehead atoms. The minimum absolute atomic E-state index is 0.0720. The molecule has 0 unspecified atom stereocenters. The lowest BCUT2D eigenvalue weighted by atomic mass is 10.1. The summed E-state index contributed by atoms with van der Waals surface area (Å²) < 4.78 is 38.8. The molecule has 0 aromatic carbocycles. The van der Waals surface area contributed by atoms with E-state index in [0.717, 1.165) is 16.8 Å². The summed E-state index contributed by atoms with van der Waals surface area (Å²) in [7, 11) is 0. The fraction of sp³-hybridized carbons (Fsp3) is 0.400. The second kappa shape index (κ2) is 3.47. The molecule has 2 rings (SSSR count). The van der Waals surface area contributed by atoms with Crippen LogP contribution in [0.4, 0.5) is 13.2 Å². The molecule has 3 nitrogen and oxygen atoms in total. The summed E-state index contributed by atoms with van der Waals surface area (Å²) in [5.74, 6) is 0.0720. The Morgan fingerprint density at radius 2 is 2.00 bits per heavy atom. The van der Waals surface area contributed by atoms with Gasteiger partial charge >= 0.3 is 6.18 Å². The van der Waals surface area contributed by atoms with Crippen LogP contribution in [-0.4, -0.2) is 14.6 Å². The zero-order chi connectivity index (χ0) is 11.9. The standard InChI is InChI=1S/C10H10F3N3/c1-6(2)7-5-9-14-4-3-8(10(11,12)13)16(9)15-7/h3-6H,1-2H3. The number of rotatable bonds is 1. The van der Waals surface area contributed by atoms with E-state index in [2.05, 4.69) is 10.1 Å². The van der Waals surface area contributed by atoms with E-state index >= 15 is 0 Å². The highest BCUT2D eigenvalue weighted by molar-refractivity contribution is 5.41. The van der Waals surface area contributed by atoms with Gasteiger partial charge in [-0.25, -0.2) is 9.50 Å². The Labute approximate surface area is 89.9 Å². The van der Waals surface area contributed by atoms with Crippen LogP contribution in [-0.2, 0) is 6.18 Å². The van der Waals surface area contributed by atoms with Crippen LogP contribution in [0.15, 0.2) is 18.3 Å². The molecule has 0 aliphatic heterocycles. The van der Waals surface area contributed by atoms with Gasteiger partial charge in [-0.3, -0.25) is 0 Å². The Bertz CT molecular complexity index is 513. The van der Waals surface area contributed by atoms with Gasteiger partial charge < -0.3 is 0 Å². The summed E-state index contributed by atoms with van der Waals surface area (Å²) in [6, 6.07) is 2.49. The van der Waals surface area contributed by atoms with Crippen molar-refractivity contribution in [3.8, 4) is 0 Å². The van der Waals surface area contributed by atoms with E-state index in [1.54, 1.807) is 6.07 Å². The molecule has 0 spiro atoms. The molecule has 0 fully saturated rings. The first-order valence-corrected chi connectivity index (χ1v) is 4.81. The van der Waals surface area contributed by atoms with Crippen LogP contribution in [0.1, 0.15) is 31.2 Å². The fourth-order valence-corrected chi connectivity index (χ4v) is 1.41. The first-order valence-electron chi connectivity index (χ1n) is 4.81. The van der Waals surface area contributed by atoms with Gasteiger partial charge in [0.05, 0.1) is 5.69 Å². The minimum atomic E-state index is -4.42. The molecule has 0 radical (unpaired) electrons. The van der Waals surface area contributed by atoms with Crippen LogP contribution in [0, 0.1) is 0 Å². The number of aromatic nitrogens is 3. The Hall–Kier alpha value is -1.59. The fourth-order valence-electron chi connectivity index (χ4n) is 1.41. The van der Waals surface area contributed by atoms with Gasteiger partial charge in [0.25, 0.3) is 0 Å². The second-order valence-electron chi connectivity index (χ2n) is 3.82. The third kappa shape index (κ3) is 1.75. The van der Waals surface area contributed by atoms with Crippen LogP contribution in [0.5, 0.6) is 0 Å². The zero-order valence-electron chi connectivity index (χ0n) is 8.78. The first-order chi connectivity index (χ1) is 7.39. The maximum atomic E-state index is 12.6. The average Bonchev–Trinajstić information content (AvgIpc) is 2.58. The quantitative estimate of drug-likeness (QED) is 0.752. The normalized spacial score (nSPS) is 12.6. The largest absolute Gasteiger partial charge is 0.433 e. The number of fused-ring (bicyclic) bond motifs is 1. The monoisotopic (exact) mass is 229 g/mol. The molecule has 16 heavy (non-hydrogen) atoms. The van der Waals surface area contributed by atoms with Crippen LogP contribution in [0.25, 0.3) is 5.65 Å². The molecular weight excluding hydrogens is 219 g/mol. The van der Waals surface area contributed by atoms with Crippen molar-refractivity contribution < 1.29 is 13.2 Å². The van der Waals surface area contributed by atoms with Gasteiger partial charge in [-0.1, -0.05) is 13.8 Å². The van der Waals surface area contributed by atoms with E-state index in [1.807, 2.05) is 13.8 Å². The summed E-state index contributed by atoms with van der Waals surface area (Å²) in [5, 5.41) is 3.91. The first kappa shape index (κ1) is 10.9. The van der Waals surface area contributed by atoms with Gasteiger partial charge in [-0.15, -0.1) is 0 Å². The highest BCUT2D eigenvalue weighted by Crippen LogP contribution is 2.29. The number of hydrogen-bond donors (Lipinski definition) is 0. The predicted molar refractivity (Wildman–Crippen MR) is 52.1 cm³/mol. The van der Waals surface area contributed by atoms with Crippen molar-refractivity contribution in [1.82, 2.24) is 14.6 Å². The number of halogens is 3. The van der Waals surface area contributed by atoms with Crippen LogP contribution < -0.4 is 0 Å². The molecule has 0 aliphatic rings. The lowest BCUT2D eigenvalue weighted by Crippen LogP contribution is -2.12. The Kier molecular flexibility index (Phi) is 2.36. The molecule has 0 saturated heterocycles. The lowest BCUT2D eigenvalue weighted by Gasteiger charge is -2.07. The van der Waals surface area contributed by atoms with Crippen molar-refractivity contribution in [3.63, 3.8) is 0 Å². The van der Waals surface area contributed by atoms with E-state index in [0.29, 0.717) is 5.69 Å². The van der Waals surface area contributed by atoms with Crippen molar-refractivity contribution in [2.24, 2.45) is 0 Å². The molecule has 0 atom stereocenters. The Balaban J connectivity index is 2.68. The van der Waals surface area contributed by atoms with Crippen molar-refractivity contribution in [1.29, 1.82) is 0 Å². The minimum Gasteiger partial charge on any atom is -0.237 e. The Morgan fingerprint density at radius 1 is 1.31 bits per heavy atom. The van der Waals surface area contributed by atoms with Crippen molar-refractivity contribution in [2.45, 2.75) is 25.9 Å². The molecule has 6 heteroatoms. The van der Waals surface area contributed by atoms with Gasteiger partial charge in [0.15, 0.2) is 5.65 Å². The zero-order valence-corrected chi connectivity index (χ0v) is 8.78. The molecule has 0 saturated carbocycles. The van der Waals surface area contributed by atoms with E-state index in [4.69, 9.17) is 0 Å². The van der Waals surface area contributed by atoms with Gasteiger partial charge in [-0.2, -0.15) is 18.3 Å². The molecule has 0 amide bonds. The van der Waals surface area contributed by atoms with E-state index in [1.165, 1.54) is 0 Å². The van der Waals surface area contributed by atoms with Crippen molar-refractivity contribution in [2.75, 3.05) is 0 Å². The second-order valence-corrected chi connectivity index (χ2v) is 3.82. The molecule has 0 aliphatic carbocycles. The molecule has 86 valence electrons.